The summed E-state index contributed by atoms with van der Waals surface area (Å²) < 4.78 is 5.21. The first-order valence-corrected chi connectivity index (χ1v) is 10.0. The number of ether oxygens (including phenoxy) is 1. The van der Waals surface area contributed by atoms with E-state index in [0.29, 0.717) is 0 Å². The second kappa shape index (κ2) is 11.7. The van der Waals surface area contributed by atoms with Crippen LogP contribution in [0, 0.1) is 0 Å². The normalized spacial score (nSPS) is 14.2. The van der Waals surface area contributed by atoms with Gasteiger partial charge < -0.3 is 20.3 Å². The molecule has 0 bridgehead atoms. The van der Waals surface area contributed by atoms with E-state index in [2.05, 4.69) is 20.5 Å². The van der Waals surface area contributed by atoms with Crippen molar-refractivity contribution in [1.29, 1.82) is 0 Å². The molecule has 0 spiro atoms. The summed E-state index contributed by atoms with van der Waals surface area (Å²) >= 11 is 0. The standard InChI is InChI=1S/C21H35N5O2/c1-22-21(24-12-13-26(14-15-28-4)19-8-9-19)23-11-10-17-6-5-7-18(16-17)20(27)25(2)3/h5-7,16,19H,8-15H2,1-4H3,(H2,22,23,24). The molecule has 7 heteroatoms. The van der Waals surface area contributed by atoms with E-state index in [1.165, 1.54) is 12.8 Å². The fourth-order valence-electron chi connectivity index (χ4n) is 3.11. The van der Waals surface area contributed by atoms with E-state index in [1.54, 1.807) is 33.2 Å². The molecule has 0 radical (unpaired) electrons. The van der Waals surface area contributed by atoms with E-state index in [1.807, 2.05) is 24.3 Å². The van der Waals surface area contributed by atoms with Crippen LogP contribution < -0.4 is 10.6 Å². The Morgan fingerprint density at radius 2 is 1.96 bits per heavy atom. The number of nitrogens with zero attached hydrogens (tertiary/aromatic N) is 3. The fraction of sp³-hybridized carbons (Fsp3) is 0.619. The van der Waals surface area contributed by atoms with E-state index in [4.69, 9.17) is 4.74 Å². The zero-order chi connectivity index (χ0) is 20.4. The minimum atomic E-state index is 0.0287. The van der Waals surface area contributed by atoms with Crippen molar-refractivity contribution >= 4 is 11.9 Å². The number of rotatable bonds is 11. The average Bonchev–Trinajstić information content (AvgIpc) is 3.54. The molecule has 0 atom stereocenters. The SMILES string of the molecule is CN=C(NCCc1cccc(C(=O)N(C)C)c1)NCCN(CCOC)C1CC1. The molecule has 1 aliphatic rings. The maximum absolute atomic E-state index is 12.1. The van der Waals surface area contributed by atoms with Gasteiger partial charge in [0.15, 0.2) is 5.96 Å². The van der Waals surface area contributed by atoms with Crippen molar-refractivity contribution in [2.45, 2.75) is 25.3 Å². The minimum absolute atomic E-state index is 0.0287. The van der Waals surface area contributed by atoms with Crippen molar-refractivity contribution in [2.24, 2.45) is 4.99 Å². The van der Waals surface area contributed by atoms with Gasteiger partial charge in [-0.3, -0.25) is 14.7 Å². The van der Waals surface area contributed by atoms with Crippen LogP contribution in [0.5, 0.6) is 0 Å². The van der Waals surface area contributed by atoms with Crippen molar-refractivity contribution in [3.05, 3.63) is 35.4 Å². The smallest absolute Gasteiger partial charge is 0.253 e. The molecule has 1 aromatic carbocycles. The molecule has 28 heavy (non-hydrogen) atoms. The van der Waals surface area contributed by atoms with Crippen LogP contribution >= 0.6 is 0 Å². The molecular formula is C21H35N5O2. The van der Waals surface area contributed by atoms with Gasteiger partial charge in [0.2, 0.25) is 0 Å². The summed E-state index contributed by atoms with van der Waals surface area (Å²) in [4.78, 5) is 20.5. The van der Waals surface area contributed by atoms with Gasteiger partial charge in [-0.15, -0.1) is 0 Å². The van der Waals surface area contributed by atoms with E-state index in [-0.39, 0.29) is 5.91 Å². The molecule has 0 aliphatic heterocycles. The van der Waals surface area contributed by atoms with Crippen LogP contribution in [-0.2, 0) is 11.2 Å². The van der Waals surface area contributed by atoms with E-state index >= 15 is 0 Å². The van der Waals surface area contributed by atoms with Crippen LogP contribution in [0.3, 0.4) is 0 Å². The number of methoxy groups -OCH3 is 1. The van der Waals surface area contributed by atoms with Crippen molar-refractivity contribution in [2.75, 3.05) is 61.0 Å². The Balaban J connectivity index is 1.72. The van der Waals surface area contributed by atoms with Gasteiger partial charge >= 0.3 is 0 Å². The number of carbonyl (C=O) groups excluding carboxylic acids is 1. The Morgan fingerprint density at radius 3 is 2.61 bits per heavy atom. The number of nitrogens with one attached hydrogen (secondary N) is 2. The van der Waals surface area contributed by atoms with E-state index in [0.717, 1.165) is 62.3 Å². The maximum atomic E-state index is 12.1. The lowest BCUT2D eigenvalue weighted by Crippen LogP contribution is -2.43. The van der Waals surface area contributed by atoms with Crippen LogP contribution in [0.15, 0.2) is 29.3 Å². The molecule has 1 saturated carbocycles. The van der Waals surface area contributed by atoms with Crippen LogP contribution in [-0.4, -0.2) is 88.7 Å². The van der Waals surface area contributed by atoms with Gasteiger partial charge in [0.05, 0.1) is 6.61 Å². The Labute approximate surface area is 169 Å². The third kappa shape index (κ3) is 7.48. The monoisotopic (exact) mass is 389 g/mol. The van der Waals surface area contributed by atoms with E-state index < -0.39 is 0 Å². The molecule has 2 rings (SSSR count). The number of aliphatic imine (C=N–C) groups is 1. The van der Waals surface area contributed by atoms with Crippen molar-refractivity contribution in [3.63, 3.8) is 0 Å². The first-order chi connectivity index (χ1) is 13.5. The first kappa shape index (κ1) is 22.2. The van der Waals surface area contributed by atoms with Gasteiger partial charge in [0.25, 0.3) is 5.91 Å². The number of carbonyl (C=O) groups is 1. The van der Waals surface area contributed by atoms with Gasteiger partial charge in [-0.25, -0.2) is 0 Å². The predicted octanol–water partition coefficient (Wildman–Crippen LogP) is 1.21. The molecule has 1 aromatic rings. The lowest BCUT2D eigenvalue weighted by atomic mass is 10.1. The molecule has 1 amide bonds. The van der Waals surface area contributed by atoms with Crippen molar-refractivity contribution < 1.29 is 9.53 Å². The highest BCUT2D eigenvalue weighted by atomic mass is 16.5. The molecule has 0 saturated heterocycles. The highest BCUT2D eigenvalue weighted by molar-refractivity contribution is 5.94. The first-order valence-electron chi connectivity index (χ1n) is 10.0. The third-order valence-electron chi connectivity index (χ3n) is 4.85. The molecule has 7 nitrogen and oxygen atoms in total. The number of amides is 1. The predicted molar refractivity (Wildman–Crippen MR) is 114 cm³/mol. The number of hydrogen-bond donors (Lipinski definition) is 2. The fourth-order valence-corrected chi connectivity index (χ4v) is 3.11. The van der Waals surface area contributed by atoms with Crippen LogP contribution in [0.2, 0.25) is 0 Å². The lowest BCUT2D eigenvalue weighted by molar-refractivity contribution is 0.0827. The highest BCUT2D eigenvalue weighted by Crippen LogP contribution is 2.25. The Bertz CT molecular complexity index is 643. The van der Waals surface area contributed by atoms with Gasteiger partial charge in [-0.1, -0.05) is 12.1 Å². The number of hydrogen-bond acceptors (Lipinski definition) is 4. The van der Waals surface area contributed by atoms with Crippen molar-refractivity contribution in [1.82, 2.24) is 20.4 Å². The summed E-state index contributed by atoms with van der Waals surface area (Å²) in [7, 11) is 7.08. The molecule has 0 unspecified atom stereocenters. The van der Waals surface area contributed by atoms with E-state index in [9.17, 15) is 4.79 Å². The Kier molecular flexibility index (Phi) is 9.23. The zero-order valence-electron chi connectivity index (χ0n) is 17.7. The lowest BCUT2D eigenvalue weighted by Gasteiger charge is -2.22. The molecule has 2 N–H and O–H groups in total. The van der Waals surface area contributed by atoms with Gasteiger partial charge in [0, 0.05) is 66.0 Å². The zero-order valence-corrected chi connectivity index (χ0v) is 17.7. The highest BCUT2D eigenvalue weighted by Gasteiger charge is 2.28. The number of guanidine groups is 1. The summed E-state index contributed by atoms with van der Waals surface area (Å²) in [6.07, 6.45) is 3.43. The minimum Gasteiger partial charge on any atom is -0.383 e. The summed E-state index contributed by atoms with van der Waals surface area (Å²) in [5.41, 5.74) is 1.86. The maximum Gasteiger partial charge on any atom is 0.253 e. The largest absolute Gasteiger partial charge is 0.383 e. The van der Waals surface area contributed by atoms with Gasteiger partial charge in [-0.2, -0.15) is 0 Å². The molecule has 0 aromatic heterocycles. The summed E-state index contributed by atoms with van der Waals surface area (Å²) in [6.45, 7) is 4.36. The van der Waals surface area contributed by atoms with Crippen LogP contribution in [0.25, 0.3) is 0 Å². The number of benzene rings is 1. The Hall–Kier alpha value is -2.12. The molecule has 1 aliphatic carbocycles. The topological polar surface area (TPSA) is 69.2 Å². The summed E-state index contributed by atoms with van der Waals surface area (Å²) in [5.74, 6) is 0.837. The van der Waals surface area contributed by atoms with Crippen LogP contribution in [0.4, 0.5) is 0 Å². The average molecular weight is 390 g/mol. The summed E-state index contributed by atoms with van der Waals surface area (Å²) in [5, 5.41) is 6.74. The Morgan fingerprint density at radius 1 is 1.21 bits per heavy atom. The van der Waals surface area contributed by atoms with Gasteiger partial charge in [-0.05, 0) is 37.0 Å². The molecule has 0 heterocycles. The van der Waals surface area contributed by atoms with Crippen LogP contribution in [0.1, 0.15) is 28.8 Å². The van der Waals surface area contributed by atoms with Gasteiger partial charge in [0.1, 0.15) is 0 Å². The third-order valence-corrected chi connectivity index (χ3v) is 4.85. The second-order valence-corrected chi connectivity index (χ2v) is 7.34. The quantitative estimate of drug-likeness (QED) is 0.440. The summed E-state index contributed by atoms with van der Waals surface area (Å²) in [6, 6.07) is 8.53. The molecular weight excluding hydrogens is 354 g/mol. The van der Waals surface area contributed by atoms with Crippen molar-refractivity contribution in [3.8, 4) is 0 Å². The molecule has 1 fully saturated rings. The second-order valence-electron chi connectivity index (χ2n) is 7.34. The molecule has 156 valence electrons.